The van der Waals surface area contributed by atoms with Gasteiger partial charge in [-0.3, -0.25) is 14.7 Å². The molecule has 4 rings (SSSR count). The van der Waals surface area contributed by atoms with Crippen molar-refractivity contribution in [3.8, 4) is 11.6 Å². The molecular formula is C22H21F2N5O3. The van der Waals surface area contributed by atoms with E-state index in [0.717, 1.165) is 11.8 Å². The molecule has 3 aromatic heterocycles. The quantitative estimate of drug-likeness (QED) is 0.628. The molecule has 1 amide bonds. The summed E-state index contributed by atoms with van der Waals surface area (Å²) < 4.78 is 37.7. The number of carbonyl (C=O) groups is 1. The van der Waals surface area contributed by atoms with Crippen molar-refractivity contribution in [2.24, 2.45) is 0 Å². The number of amides is 1. The molecule has 10 heteroatoms. The highest BCUT2D eigenvalue weighted by molar-refractivity contribution is 5.93. The maximum atomic E-state index is 13.7. The predicted octanol–water partition coefficient (Wildman–Crippen LogP) is 3.34. The summed E-state index contributed by atoms with van der Waals surface area (Å²) in [4.78, 5) is 26.5. The van der Waals surface area contributed by atoms with Gasteiger partial charge in [0.1, 0.15) is 17.4 Å². The van der Waals surface area contributed by atoms with E-state index in [4.69, 9.17) is 9.47 Å². The van der Waals surface area contributed by atoms with E-state index in [2.05, 4.69) is 20.3 Å². The highest BCUT2D eigenvalue weighted by Gasteiger charge is 2.29. The Balaban J connectivity index is 1.35. The summed E-state index contributed by atoms with van der Waals surface area (Å²) in [6.07, 6.45) is 5.48. The number of nitrogens with zero attached hydrogens (tertiary/aromatic N) is 4. The number of rotatable bonds is 6. The third-order valence-electron chi connectivity index (χ3n) is 5.08. The zero-order valence-electron chi connectivity index (χ0n) is 17.2. The van der Waals surface area contributed by atoms with Crippen LogP contribution in [0.25, 0.3) is 0 Å². The Bertz CT molecular complexity index is 1070. The molecule has 4 heterocycles. The van der Waals surface area contributed by atoms with Crippen LogP contribution in [-0.4, -0.2) is 51.5 Å². The first-order valence-electron chi connectivity index (χ1n) is 10.0. The van der Waals surface area contributed by atoms with E-state index in [0.29, 0.717) is 31.6 Å². The Morgan fingerprint density at radius 2 is 2.03 bits per heavy atom. The topological polar surface area (TPSA) is 89.5 Å². The van der Waals surface area contributed by atoms with Crippen molar-refractivity contribution in [2.45, 2.75) is 19.1 Å². The van der Waals surface area contributed by atoms with Crippen molar-refractivity contribution in [1.82, 2.24) is 19.9 Å². The molecule has 1 saturated heterocycles. The molecule has 1 N–H and O–H groups in total. The number of aromatic nitrogens is 3. The Morgan fingerprint density at radius 1 is 1.22 bits per heavy atom. The van der Waals surface area contributed by atoms with E-state index in [1.54, 1.807) is 12.4 Å². The van der Waals surface area contributed by atoms with Crippen molar-refractivity contribution in [2.75, 3.05) is 25.0 Å². The fraction of sp³-hybridized carbons (Fsp3) is 0.273. The first-order chi connectivity index (χ1) is 15.5. The van der Waals surface area contributed by atoms with E-state index in [1.165, 1.54) is 18.3 Å². The molecule has 32 heavy (non-hydrogen) atoms. The lowest BCUT2D eigenvalue weighted by molar-refractivity contribution is -0.124. The molecular weight excluding hydrogens is 420 g/mol. The van der Waals surface area contributed by atoms with Crippen LogP contribution in [0.15, 0.2) is 55.1 Å². The fourth-order valence-electron chi connectivity index (χ4n) is 3.30. The maximum Gasteiger partial charge on any atom is 0.256 e. The molecule has 1 aliphatic heterocycles. The second kappa shape index (κ2) is 9.75. The molecule has 2 unspecified atom stereocenters. The van der Waals surface area contributed by atoms with Gasteiger partial charge in [-0.2, -0.15) is 0 Å². The smallest absolute Gasteiger partial charge is 0.256 e. The third-order valence-corrected chi connectivity index (χ3v) is 5.08. The van der Waals surface area contributed by atoms with Crippen molar-refractivity contribution < 1.29 is 23.0 Å². The molecule has 0 radical (unpaired) electrons. The first-order valence-corrected chi connectivity index (χ1v) is 10.0. The van der Waals surface area contributed by atoms with E-state index in [-0.39, 0.29) is 23.6 Å². The van der Waals surface area contributed by atoms with E-state index >= 15 is 0 Å². The van der Waals surface area contributed by atoms with Crippen LogP contribution >= 0.6 is 0 Å². The highest BCUT2D eigenvalue weighted by Crippen LogP contribution is 2.24. The lowest BCUT2D eigenvalue weighted by Gasteiger charge is -2.36. The van der Waals surface area contributed by atoms with Crippen LogP contribution < -0.4 is 10.1 Å². The fourth-order valence-corrected chi connectivity index (χ4v) is 3.30. The summed E-state index contributed by atoms with van der Waals surface area (Å²) >= 11 is 0. The summed E-state index contributed by atoms with van der Waals surface area (Å²) in [5.41, 5.74) is 1.02. The van der Waals surface area contributed by atoms with Gasteiger partial charge in [0.25, 0.3) is 5.88 Å². The van der Waals surface area contributed by atoms with Crippen LogP contribution in [0.1, 0.15) is 18.6 Å². The van der Waals surface area contributed by atoms with Crippen LogP contribution in [0.3, 0.4) is 0 Å². The monoisotopic (exact) mass is 441 g/mol. The third kappa shape index (κ3) is 5.21. The molecule has 2 atom stereocenters. The summed E-state index contributed by atoms with van der Waals surface area (Å²) in [7, 11) is 0. The van der Waals surface area contributed by atoms with E-state index in [1.807, 2.05) is 24.0 Å². The average molecular weight is 441 g/mol. The van der Waals surface area contributed by atoms with Gasteiger partial charge in [0.05, 0.1) is 31.1 Å². The minimum Gasteiger partial charge on any atom is -0.435 e. The number of hydrogen-bond acceptors (Lipinski definition) is 7. The van der Waals surface area contributed by atoms with Crippen LogP contribution in [0, 0.1) is 11.6 Å². The number of nitrogens with one attached hydrogen (secondary N) is 1. The number of ether oxygens (including phenoxy) is 2. The summed E-state index contributed by atoms with van der Waals surface area (Å²) in [5, 5.41) is 2.77. The van der Waals surface area contributed by atoms with Gasteiger partial charge < -0.3 is 14.8 Å². The lowest BCUT2D eigenvalue weighted by atomic mass is 10.1. The van der Waals surface area contributed by atoms with Gasteiger partial charge in [0.15, 0.2) is 5.82 Å². The molecule has 0 bridgehead atoms. The van der Waals surface area contributed by atoms with Crippen molar-refractivity contribution in [3.63, 3.8) is 0 Å². The number of carbonyl (C=O) groups excluding carboxylic acids is 1. The van der Waals surface area contributed by atoms with Crippen LogP contribution in [0.5, 0.6) is 11.6 Å². The van der Waals surface area contributed by atoms with Gasteiger partial charge in [-0.1, -0.05) is 0 Å². The van der Waals surface area contributed by atoms with Gasteiger partial charge in [-0.25, -0.2) is 18.7 Å². The van der Waals surface area contributed by atoms with Crippen LogP contribution in [0.4, 0.5) is 14.6 Å². The Hall–Kier alpha value is -3.50. The Labute approximate surface area is 183 Å². The second-order valence-corrected chi connectivity index (χ2v) is 7.22. The largest absolute Gasteiger partial charge is 0.435 e. The van der Waals surface area contributed by atoms with Gasteiger partial charge in [0.2, 0.25) is 5.91 Å². The van der Waals surface area contributed by atoms with E-state index in [9.17, 15) is 13.6 Å². The summed E-state index contributed by atoms with van der Waals surface area (Å²) in [6, 6.07) is 7.11. The number of hydrogen-bond donors (Lipinski definition) is 1. The summed E-state index contributed by atoms with van der Waals surface area (Å²) in [5.74, 6) is -1.79. The SMILES string of the molecule is CC(C(=O)Nc1ccc(Oc2ncc(F)cc2F)cn1)N1CCOC(c2ccncc2)C1. The first kappa shape index (κ1) is 21.7. The van der Waals surface area contributed by atoms with Gasteiger partial charge in [-0.15, -0.1) is 0 Å². The molecule has 0 aromatic carbocycles. The van der Waals surface area contributed by atoms with Crippen LogP contribution in [0.2, 0.25) is 0 Å². The maximum absolute atomic E-state index is 13.7. The number of anilines is 1. The molecule has 1 aliphatic rings. The van der Waals surface area contributed by atoms with Crippen molar-refractivity contribution in [1.29, 1.82) is 0 Å². The molecule has 166 valence electrons. The Morgan fingerprint density at radius 3 is 2.75 bits per heavy atom. The van der Waals surface area contributed by atoms with Gasteiger partial charge >= 0.3 is 0 Å². The van der Waals surface area contributed by atoms with Crippen molar-refractivity contribution >= 4 is 11.7 Å². The normalized spacial score (nSPS) is 17.5. The Kier molecular flexibility index (Phi) is 6.62. The zero-order chi connectivity index (χ0) is 22.5. The molecule has 8 nitrogen and oxygen atoms in total. The molecule has 0 spiro atoms. The minimum atomic E-state index is -0.924. The summed E-state index contributed by atoms with van der Waals surface area (Å²) in [6.45, 7) is 3.55. The highest BCUT2D eigenvalue weighted by atomic mass is 19.1. The average Bonchev–Trinajstić information content (AvgIpc) is 2.82. The van der Waals surface area contributed by atoms with Crippen molar-refractivity contribution in [3.05, 3.63) is 72.3 Å². The van der Waals surface area contributed by atoms with Crippen LogP contribution in [-0.2, 0) is 9.53 Å². The lowest BCUT2D eigenvalue weighted by Crippen LogP contribution is -2.48. The number of pyridine rings is 3. The molecule has 3 aromatic rings. The van der Waals surface area contributed by atoms with Gasteiger partial charge in [0, 0.05) is 31.5 Å². The zero-order valence-corrected chi connectivity index (χ0v) is 17.2. The molecule has 0 saturated carbocycles. The molecule has 0 aliphatic carbocycles. The molecule has 1 fully saturated rings. The standard InChI is InChI=1S/C22H21F2N5O3/c1-14(29-8-9-31-19(13-29)15-4-6-25-7-5-15)21(30)28-20-3-2-17(12-26-20)32-22-18(24)10-16(23)11-27-22/h2-7,10-12,14,19H,8-9,13H2,1H3,(H,26,28,30). The number of morpholine rings is 1. The van der Waals surface area contributed by atoms with Gasteiger partial charge in [-0.05, 0) is 36.8 Å². The predicted molar refractivity (Wildman–Crippen MR) is 111 cm³/mol. The second-order valence-electron chi connectivity index (χ2n) is 7.22. The minimum absolute atomic E-state index is 0.128. The van der Waals surface area contributed by atoms with E-state index < -0.39 is 17.7 Å². The number of halogens is 2.